The third-order valence-corrected chi connectivity index (χ3v) is 10.1. The Labute approximate surface area is 360 Å². The van der Waals surface area contributed by atoms with Gasteiger partial charge in [-0.1, -0.05) is 102 Å². The van der Waals surface area contributed by atoms with Crippen molar-refractivity contribution in [1.82, 2.24) is 0 Å². The van der Waals surface area contributed by atoms with E-state index in [0.29, 0.717) is 13.2 Å². The predicted octanol–water partition coefficient (Wildman–Crippen LogP) is 13.9. The van der Waals surface area contributed by atoms with E-state index in [1.165, 1.54) is 70.3 Å². The molecule has 9 heteroatoms. The Hall–Kier alpha value is -6.09. The van der Waals surface area contributed by atoms with E-state index in [-0.39, 0.29) is 22.6 Å². The van der Waals surface area contributed by atoms with Crippen molar-refractivity contribution in [1.29, 1.82) is 0 Å². The summed E-state index contributed by atoms with van der Waals surface area (Å²) in [5.74, 6) is -0.660. The summed E-state index contributed by atoms with van der Waals surface area (Å²) in [5.41, 5.74) is 5.70. The van der Waals surface area contributed by atoms with E-state index in [0.717, 1.165) is 70.1 Å². The number of ether oxygens (including phenoxy) is 4. The summed E-state index contributed by atoms with van der Waals surface area (Å²) in [4.78, 5) is 35.2. The third kappa shape index (κ3) is 15.8. The summed E-state index contributed by atoms with van der Waals surface area (Å²) in [6, 6.07) is 28.5. The minimum absolute atomic E-state index is 0.104. The van der Waals surface area contributed by atoms with Crippen LogP contribution in [0.5, 0.6) is 23.0 Å². The first-order chi connectivity index (χ1) is 29.7. The van der Waals surface area contributed by atoms with Gasteiger partial charge in [0.25, 0.3) is 0 Å². The molecule has 61 heavy (non-hydrogen) atoms. The quantitative estimate of drug-likeness (QED) is 0.0266. The Kier molecular flexibility index (Phi) is 18.7. The summed E-state index contributed by atoms with van der Waals surface area (Å²) < 4.78 is 37.4. The molecule has 0 spiro atoms. The molecule has 0 aliphatic rings. The summed E-state index contributed by atoms with van der Waals surface area (Å²) in [6.07, 6.45) is 18.1. The lowest BCUT2D eigenvalue weighted by Crippen LogP contribution is -2.11. The fourth-order valence-corrected chi connectivity index (χ4v) is 6.56. The van der Waals surface area contributed by atoms with Crippen LogP contribution in [0.4, 0.5) is 15.8 Å². The van der Waals surface area contributed by atoms with Gasteiger partial charge in [-0.2, -0.15) is 0 Å². The van der Waals surface area contributed by atoms with Crippen LogP contribution in [0.25, 0.3) is 0 Å². The summed E-state index contributed by atoms with van der Waals surface area (Å²) in [7, 11) is 0. The van der Waals surface area contributed by atoms with Crippen molar-refractivity contribution < 1.29 is 32.9 Å². The highest BCUT2D eigenvalue weighted by Gasteiger charge is 2.14. The maximum atomic E-state index is 14.6. The largest absolute Gasteiger partial charge is 0.494 e. The number of carbonyl (C=O) groups excluding carboxylic acids is 2. The fourth-order valence-electron chi connectivity index (χ4n) is 6.56. The monoisotopic (exact) mass is 826 g/mol. The van der Waals surface area contributed by atoms with Gasteiger partial charge in [-0.15, -0.1) is 0 Å². The molecule has 0 saturated heterocycles. The van der Waals surface area contributed by atoms with Gasteiger partial charge in [0, 0.05) is 30.6 Å². The second kappa shape index (κ2) is 24.9. The zero-order valence-corrected chi connectivity index (χ0v) is 36.1. The number of hydrogen-bond donors (Lipinski definition) is 0. The molecule has 0 amide bonds. The molecule has 5 rings (SSSR count). The molecule has 5 aromatic carbocycles. The van der Waals surface area contributed by atoms with Gasteiger partial charge in [0.05, 0.1) is 35.7 Å². The number of hydrogen-bond acceptors (Lipinski definition) is 8. The molecule has 0 radical (unpaired) electrons. The molecule has 320 valence electrons. The van der Waals surface area contributed by atoms with E-state index in [9.17, 15) is 14.0 Å². The molecule has 0 aliphatic carbocycles. The van der Waals surface area contributed by atoms with Crippen LogP contribution in [0.1, 0.15) is 134 Å². The van der Waals surface area contributed by atoms with Crippen molar-refractivity contribution >= 4 is 35.7 Å². The normalized spacial score (nSPS) is 11.3. The maximum Gasteiger partial charge on any atom is 0.343 e. The summed E-state index contributed by atoms with van der Waals surface area (Å²) >= 11 is 0. The first-order valence-electron chi connectivity index (χ1n) is 21.7. The molecule has 8 nitrogen and oxygen atoms in total. The number of esters is 2. The van der Waals surface area contributed by atoms with Gasteiger partial charge >= 0.3 is 11.9 Å². The molecular weight excluding hydrogens is 768 g/mol. The van der Waals surface area contributed by atoms with E-state index < -0.39 is 17.8 Å². The highest BCUT2D eigenvalue weighted by molar-refractivity contribution is 5.93. The molecule has 0 bridgehead atoms. The number of rotatable bonds is 24. The van der Waals surface area contributed by atoms with E-state index >= 15 is 0 Å². The average Bonchev–Trinajstić information content (AvgIpc) is 3.25. The summed E-state index contributed by atoms with van der Waals surface area (Å²) in [6.45, 7) is 9.84. The maximum absolute atomic E-state index is 14.6. The van der Waals surface area contributed by atoms with Crippen LogP contribution in [-0.2, 0) is 0 Å². The van der Waals surface area contributed by atoms with Gasteiger partial charge in [0.15, 0.2) is 0 Å². The second-order valence-electron chi connectivity index (χ2n) is 15.3. The Balaban J connectivity index is 1.08. The van der Waals surface area contributed by atoms with Crippen LogP contribution in [0.2, 0.25) is 0 Å². The molecule has 0 heterocycles. The minimum Gasteiger partial charge on any atom is -0.494 e. The highest BCUT2D eigenvalue weighted by atomic mass is 19.1. The molecule has 0 fully saturated rings. The molecule has 5 aromatic rings. The van der Waals surface area contributed by atoms with E-state index in [2.05, 4.69) is 23.8 Å². The van der Waals surface area contributed by atoms with Crippen LogP contribution in [0.3, 0.4) is 0 Å². The number of carbonyl (C=O) groups is 2. The van der Waals surface area contributed by atoms with Crippen molar-refractivity contribution in [3.8, 4) is 23.0 Å². The van der Waals surface area contributed by atoms with Crippen molar-refractivity contribution in [2.24, 2.45) is 9.98 Å². The number of nitrogens with zero attached hydrogens (tertiary/aromatic N) is 2. The van der Waals surface area contributed by atoms with Crippen LogP contribution < -0.4 is 18.9 Å². The topological polar surface area (TPSA) is 95.8 Å². The van der Waals surface area contributed by atoms with E-state index in [4.69, 9.17) is 18.9 Å². The van der Waals surface area contributed by atoms with E-state index in [1.54, 1.807) is 61.0 Å². The molecule has 0 unspecified atom stereocenters. The molecule has 0 N–H and O–H groups in total. The lowest BCUT2D eigenvalue weighted by molar-refractivity contribution is 0.0732. The van der Waals surface area contributed by atoms with Gasteiger partial charge in [-0.05, 0) is 110 Å². The molecule has 0 atom stereocenters. The van der Waals surface area contributed by atoms with Gasteiger partial charge in [-0.3, -0.25) is 9.98 Å². The van der Waals surface area contributed by atoms with Crippen molar-refractivity contribution in [3.63, 3.8) is 0 Å². The molecule has 0 aliphatic heterocycles. The number of halogens is 1. The highest BCUT2D eigenvalue weighted by Crippen LogP contribution is 2.27. The van der Waals surface area contributed by atoms with Crippen LogP contribution in [-0.4, -0.2) is 37.6 Å². The number of aliphatic imine (C=N–C) groups is 2. The SMILES string of the molecule is CCCCCCCCOc1ccc(N=Cc2ccc(C(=O)Oc3cc(F)cc(OC(=O)c4ccc(C=Nc5ccc(OCCCCCCCC)cc5C)cc4)c3)cc2)c(C)c1. The smallest absolute Gasteiger partial charge is 0.343 e. The Bertz CT molecular complexity index is 2060. The van der Waals surface area contributed by atoms with Gasteiger partial charge < -0.3 is 18.9 Å². The predicted molar refractivity (Wildman–Crippen MR) is 244 cm³/mol. The fraction of sp³-hybridized carbons (Fsp3) is 0.346. The van der Waals surface area contributed by atoms with Crippen LogP contribution in [0, 0.1) is 19.7 Å². The van der Waals surface area contributed by atoms with Gasteiger partial charge in [0.1, 0.15) is 28.8 Å². The summed E-state index contributed by atoms with van der Waals surface area (Å²) in [5, 5.41) is 0. The molecule has 0 saturated carbocycles. The lowest BCUT2D eigenvalue weighted by atomic mass is 10.1. The van der Waals surface area contributed by atoms with E-state index in [1.807, 2.05) is 50.2 Å². The minimum atomic E-state index is -0.730. The third-order valence-electron chi connectivity index (χ3n) is 10.1. The first-order valence-corrected chi connectivity index (χ1v) is 21.7. The number of unbranched alkanes of at least 4 members (excludes halogenated alkanes) is 10. The lowest BCUT2D eigenvalue weighted by Gasteiger charge is -2.09. The first kappa shape index (κ1) is 46.0. The molecular formula is C52H59FN2O6. The van der Waals surface area contributed by atoms with Gasteiger partial charge in [0.2, 0.25) is 0 Å². The Morgan fingerprint density at radius 2 is 0.885 bits per heavy atom. The van der Waals surface area contributed by atoms with Crippen molar-refractivity contribution in [3.05, 3.63) is 142 Å². The number of benzene rings is 5. The standard InChI is InChI=1S/C52H59FN2O6/c1-5-7-9-11-13-15-29-58-45-25-27-49(38(3)31-45)54-36-40-17-21-42(22-18-40)51(56)60-47-33-44(53)34-48(35-47)61-52(57)43-23-19-41(20-24-43)37-55-50-28-26-46(32-39(50)4)59-30-16-14-12-10-8-6-2/h17-28,31-37H,5-16,29-30H2,1-4H3. The Morgan fingerprint density at radius 3 is 1.28 bits per heavy atom. The average molecular weight is 827 g/mol. The van der Waals surface area contributed by atoms with Crippen molar-refractivity contribution in [2.75, 3.05) is 13.2 Å². The Morgan fingerprint density at radius 1 is 0.492 bits per heavy atom. The second-order valence-corrected chi connectivity index (χ2v) is 15.3. The zero-order chi connectivity index (χ0) is 43.2. The van der Waals surface area contributed by atoms with Crippen LogP contribution >= 0.6 is 0 Å². The van der Waals surface area contributed by atoms with Gasteiger partial charge in [-0.25, -0.2) is 14.0 Å². The zero-order valence-electron chi connectivity index (χ0n) is 36.1. The van der Waals surface area contributed by atoms with Crippen LogP contribution in [0.15, 0.2) is 113 Å². The van der Waals surface area contributed by atoms with Crippen molar-refractivity contribution in [2.45, 2.75) is 105 Å². The number of aryl methyl sites for hydroxylation is 2. The molecule has 0 aromatic heterocycles.